The highest BCUT2D eigenvalue weighted by Crippen LogP contribution is 2.49. The molecule has 0 saturated heterocycles. The van der Waals surface area contributed by atoms with E-state index in [0.717, 1.165) is 29.2 Å². The van der Waals surface area contributed by atoms with Gasteiger partial charge in [0.1, 0.15) is 5.75 Å². The number of hydrogen-bond donors (Lipinski definition) is 1. The van der Waals surface area contributed by atoms with E-state index in [1.165, 1.54) is 16.7 Å². The Morgan fingerprint density at radius 2 is 1.42 bits per heavy atom. The van der Waals surface area contributed by atoms with Gasteiger partial charge in [-0.2, -0.15) is 0 Å². The molecule has 4 aromatic carbocycles. The van der Waals surface area contributed by atoms with Gasteiger partial charge in [-0.3, -0.25) is 9.65 Å². The summed E-state index contributed by atoms with van der Waals surface area (Å²) in [5, 5.41) is 5.37. The van der Waals surface area contributed by atoms with Crippen LogP contribution in [0.5, 0.6) is 5.75 Å². The zero-order valence-electron chi connectivity index (χ0n) is 18.7. The van der Waals surface area contributed by atoms with Gasteiger partial charge in [0, 0.05) is 22.6 Å². The molecule has 0 saturated carbocycles. The molecule has 1 aliphatic carbocycles. The van der Waals surface area contributed by atoms with Gasteiger partial charge in [-0.25, -0.2) is 0 Å². The maximum Gasteiger partial charge on any atom is 0.205 e. The first-order valence-electron chi connectivity index (χ1n) is 11.4. The van der Waals surface area contributed by atoms with Crippen LogP contribution in [-0.4, -0.2) is 7.11 Å². The van der Waals surface area contributed by atoms with Crippen molar-refractivity contribution in [3.05, 3.63) is 126 Å². The van der Waals surface area contributed by atoms with Crippen LogP contribution in [0.4, 0.5) is 0 Å². The molecule has 0 radical (unpaired) electrons. The molecule has 166 valence electrons. The molecule has 33 heavy (non-hydrogen) atoms. The van der Waals surface area contributed by atoms with Gasteiger partial charge in [0.25, 0.3) is 0 Å². The van der Waals surface area contributed by atoms with Gasteiger partial charge in [0.15, 0.2) is 0 Å². The van der Waals surface area contributed by atoms with Crippen molar-refractivity contribution in [2.45, 2.75) is 24.8 Å². The van der Waals surface area contributed by atoms with E-state index < -0.39 is 7.29 Å². The molecule has 0 aliphatic heterocycles. The topological polar surface area (TPSA) is 38.3 Å². The number of nitrogens with one attached hydrogen (secondary N) is 1. The number of benzene rings is 4. The average molecular weight is 454 g/mol. The highest BCUT2D eigenvalue weighted by atomic mass is 31.2. The SMILES string of the molecule is COc1cccc([C@H]2CCc3ccccc3[C@H]2NP(=O)(c2ccccc2)c2ccccc2)c1. The third-order valence-electron chi connectivity index (χ3n) is 6.60. The largest absolute Gasteiger partial charge is 0.497 e. The highest BCUT2D eigenvalue weighted by molar-refractivity contribution is 7.76. The Bertz CT molecular complexity index is 1230. The average Bonchev–Trinajstić information content (AvgIpc) is 2.90. The van der Waals surface area contributed by atoms with Crippen molar-refractivity contribution >= 4 is 17.9 Å². The molecule has 0 spiro atoms. The van der Waals surface area contributed by atoms with Crippen molar-refractivity contribution in [1.29, 1.82) is 0 Å². The van der Waals surface area contributed by atoms with Crippen molar-refractivity contribution in [2.24, 2.45) is 0 Å². The molecule has 3 nitrogen and oxygen atoms in total. The molecule has 5 rings (SSSR count). The first kappa shape index (κ1) is 21.7. The normalized spacial score (nSPS) is 17.8. The minimum Gasteiger partial charge on any atom is -0.497 e. The summed E-state index contributed by atoms with van der Waals surface area (Å²) in [4.78, 5) is 0. The monoisotopic (exact) mass is 453 g/mol. The lowest BCUT2D eigenvalue weighted by atomic mass is 9.77. The maximum atomic E-state index is 14.9. The fourth-order valence-electron chi connectivity index (χ4n) is 4.92. The van der Waals surface area contributed by atoms with Gasteiger partial charge in [-0.15, -0.1) is 0 Å². The number of aryl methyl sites for hydroxylation is 1. The van der Waals surface area contributed by atoms with Crippen LogP contribution in [0.2, 0.25) is 0 Å². The zero-order chi connectivity index (χ0) is 22.7. The Labute approximate surface area is 195 Å². The van der Waals surface area contributed by atoms with E-state index in [0.29, 0.717) is 0 Å². The van der Waals surface area contributed by atoms with E-state index in [-0.39, 0.29) is 12.0 Å². The van der Waals surface area contributed by atoms with Crippen LogP contribution in [-0.2, 0) is 11.0 Å². The Morgan fingerprint density at radius 3 is 2.09 bits per heavy atom. The molecule has 0 aromatic heterocycles. The van der Waals surface area contributed by atoms with Crippen molar-refractivity contribution in [2.75, 3.05) is 7.11 Å². The number of fused-ring (bicyclic) bond motifs is 1. The molecule has 0 amide bonds. The van der Waals surface area contributed by atoms with Gasteiger partial charge in [0.2, 0.25) is 7.29 Å². The molecule has 0 heterocycles. The summed E-state index contributed by atoms with van der Waals surface area (Å²) >= 11 is 0. The van der Waals surface area contributed by atoms with Gasteiger partial charge in [-0.05, 0) is 65.9 Å². The molecule has 2 atom stereocenters. The summed E-state index contributed by atoms with van der Waals surface area (Å²) in [7, 11) is -1.41. The molecule has 1 N–H and O–H groups in total. The Kier molecular flexibility index (Phi) is 6.17. The molecule has 4 aromatic rings. The van der Waals surface area contributed by atoms with Crippen LogP contribution in [0.1, 0.15) is 35.1 Å². The molecule has 0 fully saturated rings. The lowest BCUT2D eigenvalue weighted by molar-refractivity contribution is 0.410. The lowest BCUT2D eigenvalue weighted by Gasteiger charge is -2.37. The second-order valence-electron chi connectivity index (χ2n) is 8.51. The molecule has 0 bridgehead atoms. The van der Waals surface area contributed by atoms with Crippen LogP contribution < -0.4 is 20.4 Å². The summed E-state index contributed by atoms with van der Waals surface area (Å²) in [6.07, 6.45) is 1.97. The van der Waals surface area contributed by atoms with E-state index in [1.54, 1.807) is 7.11 Å². The van der Waals surface area contributed by atoms with Crippen molar-refractivity contribution in [1.82, 2.24) is 5.09 Å². The smallest absolute Gasteiger partial charge is 0.205 e. The van der Waals surface area contributed by atoms with E-state index in [2.05, 4.69) is 41.5 Å². The number of ether oxygens (including phenoxy) is 1. The van der Waals surface area contributed by atoms with Crippen molar-refractivity contribution in [3.63, 3.8) is 0 Å². The van der Waals surface area contributed by atoms with Crippen molar-refractivity contribution < 1.29 is 9.30 Å². The van der Waals surface area contributed by atoms with Crippen LogP contribution in [0.15, 0.2) is 109 Å². The highest BCUT2D eigenvalue weighted by Gasteiger charge is 2.37. The maximum absolute atomic E-state index is 14.9. The second kappa shape index (κ2) is 9.39. The third kappa shape index (κ3) is 4.27. The van der Waals surface area contributed by atoms with E-state index in [1.807, 2.05) is 72.8 Å². The van der Waals surface area contributed by atoms with Crippen LogP contribution >= 0.6 is 7.29 Å². The predicted octanol–water partition coefficient (Wildman–Crippen LogP) is 5.99. The summed E-state index contributed by atoms with van der Waals surface area (Å²) < 4.78 is 20.4. The number of hydrogen-bond acceptors (Lipinski definition) is 2. The summed E-state index contributed by atoms with van der Waals surface area (Å²) in [5.41, 5.74) is 3.75. The quantitative estimate of drug-likeness (QED) is 0.365. The summed E-state index contributed by atoms with van der Waals surface area (Å²) in [6.45, 7) is 0. The molecular weight excluding hydrogens is 425 g/mol. The van der Waals surface area contributed by atoms with Crippen LogP contribution in [0.3, 0.4) is 0 Å². The fraction of sp³-hybridized carbons (Fsp3) is 0.172. The van der Waals surface area contributed by atoms with Crippen molar-refractivity contribution in [3.8, 4) is 5.75 Å². The second-order valence-corrected chi connectivity index (χ2v) is 11.0. The molecule has 1 aliphatic rings. The minimum absolute atomic E-state index is 0.0895. The van der Waals surface area contributed by atoms with E-state index in [4.69, 9.17) is 4.74 Å². The minimum atomic E-state index is -3.11. The molecule has 0 unspecified atom stereocenters. The van der Waals surface area contributed by atoms with Crippen LogP contribution in [0, 0.1) is 0 Å². The first-order chi connectivity index (χ1) is 16.2. The Balaban J connectivity index is 1.65. The molecule has 4 heteroatoms. The van der Waals surface area contributed by atoms with Gasteiger partial charge >= 0.3 is 0 Å². The van der Waals surface area contributed by atoms with E-state index in [9.17, 15) is 4.57 Å². The lowest BCUT2D eigenvalue weighted by Crippen LogP contribution is -2.35. The number of methoxy groups -OCH3 is 1. The summed E-state index contributed by atoms with van der Waals surface area (Å²) in [5.74, 6) is 1.02. The number of rotatable bonds is 6. The first-order valence-corrected chi connectivity index (χ1v) is 13.1. The Morgan fingerprint density at radius 1 is 0.788 bits per heavy atom. The van der Waals surface area contributed by atoms with Gasteiger partial charge < -0.3 is 4.74 Å². The zero-order valence-corrected chi connectivity index (χ0v) is 19.6. The van der Waals surface area contributed by atoms with E-state index >= 15 is 0 Å². The fourth-order valence-corrected chi connectivity index (χ4v) is 7.41. The predicted molar refractivity (Wildman–Crippen MR) is 136 cm³/mol. The summed E-state index contributed by atoms with van der Waals surface area (Å²) in [6, 6.07) is 36.4. The standard InChI is InChI=1S/C29H28NO2P/c1-32-24-13-10-12-23(21-24)28-20-19-22-11-8-9-18-27(22)29(28)30-33(31,25-14-4-2-5-15-25)26-16-6-3-7-17-26/h2-18,21,28-29H,19-20H2,1H3,(H,30,31)/t28-,29-/m1/s1. The Hall–Kier alpha value is -3.13. The van der Waals surface area contributed by atoms with Crippen LogP contribution in [0.25, 0.3) is 0 Å². The van der Waals surface area contributed by atoms with Gasteiger partial charge in [0.05, 0.1) is 7.11 Å². The molecular formula is C29H28NO2P. The third-order valence-corrected chi connectivity index (χ3v) is 9.29. The van der Waals surface area contributed by atoms with Gasteiger partial charge in [-0.1, -0.05) is 72.8 Å².